The Morgan fingerprint density at radius 1 is 1.35 bits per heavy atom. The minimum atomic E-state index is -0.0299. The van der Waals surface area contributed by atoms with E-state index in [0.717, 1.165) is 24.0 Å². The van der Waals surface area contributed by atoms with Crippen LogP contribution in [0.1, 0.15) is 25.0 Å². The average Bonchev–Trinajstić information content (AvgIpc) is 3.24. The van der Waals surface area contributed by atoms with Crippen LogP contribution in [-0.4, -0.2) is 43.7 Å². The number of carbonyl (C=O) groups excluding carboxylic acids is 1. The average molecular weight is 348 g/mol. The Morgan fingerprint density at radius 3 is 2.92 bits per heavy atom. The van der Waals surface area contributed by atoms with Crippen molar-refractivity contribution in [3.05, 3.63) is 54.7 Å². The number of para-hydroxylation sites is 1. The molecule has 1 amide bonds. The van der Waals surface area contributed by atoms with Gasteiger partial charge in [-0.3, -0.25) is 4.79 Å². The first-order chi connectivity index (χ1) is 12.6. The Balaban J connectivity index is 1.68. The number of carbonyl (C=O) groups is 1. The van der Waals surface area contributed by atoms with Crippen molar-refractivity contribution in [1.82, 2.24) is 20.1 Å². The minimum absolute atomic E-state index is 0.0299. The normalized spacial score (nSPS) is 19.8. The summed E-state index contributed by atoms with van der Waals surface area (Å²) in [5.41, 5.74) is 3.04. The molecule has 1 fully saturated rings. The first kappa shape index (κ1) is 16.3. The maximum atomic E-state index is 12.0. The third-order valence-corrected chi connectivity index (χ3v) is 5.19. The molecule has 3 heterocycles. The van der Waals surface area contributed by atoms with Gasteiger partial charge in [0.15, 0.2) is 5.65 Å². The first-order valence-electron chi connectivity index (χ1n) is 8.66. The Bertz CT molecular complexity index is 994. The summed E-state index contributed by atoms with van der Waals surface area (Å²) in [6, 6.07) is 11.2. The van der Waals surface area contributed by atoms with Crippen molar-refractivity contribution in [3.8, 4) is 17.0 Å². The number of aromatic nitrogens is 3. The van der Waals surface area contributed by atoms with Gasteiger partial charge in [-0.25, -0.2) is 0 Å². The zero-order valence-corrected chi connectivity index (χ0v) is 14.5. The zero-order valence-electron chi connectivity index (χ0n) is 14.5. The van der Waals surface area contributed by atoms with E-state index in [1.165, 1.54) is 6.08 Å². The van der Waals surface area contributed by atoms with Gasteiger partial charge in [-0.1, -0.05) is 18.7 Å². The number of aromatic hydroxyl groups is 1. The maximum absolute atomic E-state index is 12.0. The van der Waals surface area contributed by atoms with E-state index >= 15 is 0 Å². The SMILES string of the molecule is C=CC(=O)N1CCC(c2cc3cc(-c4ccccc4O)nnc3[nH]2)[C@H]1C. The van der Waals surface area contributed by atoms with Crippen molar-refractivity contribution in [2.75, 3.05) is 6.54 Å². The lowest BCUT2D eigenvalue weighted by atomic mass is 9.98. The monoisotopic (exact) mass is 348 g/mol. The Kier molecular flexibility index (Phi) is 3.95. The summed E-state index contributed by atoms with van der Waals surface area (Å²) >= 11 is 0. The van der Waals surface area contributed by atoms with E-state index < -0.39 is 0 Å². The molecule has 1 unspecified atom stereocenters. The van der Waals surface area contributed by atoms with Crippen molar-refractivity contribution in [3.63, 3.8) is 0 Å². The zero-order chi connectivity index (χ0) is 18.3. The molecule has 2 aromatic heterocycles. The van der Waals surface area contributed by atoms with Crippen molar-refractivity contribution in [2.45, 2.75) is 25.3 Å². The van der Waals surface area contributed by atoms with Crippen LogP contribution >= 0.6 is 0 Å². The van der Waals surface area contributed by atoms with Gasteiger partial charge in [0.05, 0.1) is 5.69 Å². The number of nitrogens with one attached hydrogen (secondary N) is 1. The fourth-order valence-corrected chi connectivity index (χ4v) is 3.76. The Morgan fingerprint density at radius 2 is 2.15 bits per heavy atom. The lowest BCUT2D eigenvalue weighted by Crippen LogP contribution is -2.34. The number of hydrogen-bond donors (Lipinski definition) is 2. The second kappa shape index (κ2) is 6.29. The summed E-state index contributed by atoms with van der Waals surface area (Å²) in [6.45, 7) is 6.36. The number of phenolic OH excluding ortho intramolecular Hbond substituents is 1. The van der Waals surface area contributed by atoms with E-state index in [4.69, 9.17) is 0 Å². The number of nitrogens with zero attached hydrogens (tertiary/aromatic N) is 3. The van der Waals surface area contributed by atoms with Crippen LogP contribution in [0.4, 0.5) is 0 Å². The topological polar surface area (TPSA) is 82.1 Å². The number of H-pyrrole nitrogens is 1. The van der Waals surface area contributed by atoms with Gasteiger partial charge >= 0.3 is 0 Å². The number of hydrogen-bond acceptors (Lipinski definition) is 4. The highest BCUT2D eigenvalue weighted by molar-refractivity contribution is 5.87. The van der Waals surface area contributed by atoms with Crippen molar-refractivity contribution in [2.24, 2.45) is 0 Å². The number of rotatable bonds is 3. The van der Waals surface area contributed by atoms with Gasteiger partial charge in [0.25, 0.3) is 0 Å². The van der Waals surface area contributed by atoms with Crippen LogP contribution < -0.4 is 0 Å². The summed E-state index contributed by atoms with van der Waals surface area (Å²) < 4.78 is 0. The highest BCUT2D eigenvalue weighted by atomic mass is 16.3. The lowest BCUT2D eigenvalue weighted by Gasteiger charge is -2.23. The van der Waals surface area contributed by atoms with Crippen LogP contribution in [0.5, 0.6) is 5.75 Å². The van der Waals surface area contributed by atoms with Gasteiger partial charge in [0, 0.05) is 35.1 Å². The molecule has 0 aliphatic carbocycles. The van der Waals surface area contributed by atoms with E-state index in [1.807, 2.05) is 23.1 Å². The largest absolute Gasteiger partial charge is 0.507 e. The highest BCUT2D eigenvalue weighted by Gasteiger charge is 2.34. The molecule has 1 aliphatic rings. The molecule has 0 bridgehead atoms. The molecule has 26 heavy (non-hydrogen) atoms. The number of amides is 1. The van der Waals surface area contributed by atoms with Crippen LogP contribution in [0.3, 0.4) is 0 Å². The predicted octanol–water partition coefficient (Wildman–Crippen LogP) is 3.22. The molecule has 6 heteroatoms. The number of aromatic amines is 1. The smallest absolute Gasteiger partial charge is 0.246 e. The summed E-state index contributed by atoms with van der Waals surface area (Å²) in [5.74, 6) is 0.374. The molecule has 0 radical (unpaired) electrons. The minimum Gasteiger partial charge on any atom is -0.507 e. The van der Waals surface area contributed by atoms with Gasteiger partial charge in [-0.15, -0.1) is 10.2 Å². The predicted molar refractivity (Wildman–Crippen MR) is 99.7 cm³/mol. The molecule has 3 aromatic rings. The second-order valence-electron chi connectivity index (χ2n) is 6.65. The van der Waals surface area contributed by atoms with E-state index in [1.54, 1.807) is 12.1 Å². The van der Waals surface area contributed by atoms with Crippen LogP contribution in [0, 0.1) is 0 Å². The van der Waals surface area contributed by atoms with E-state index in [2.05, 4.69) is 34.8 Å². The van der Waals surface area contributed by atoms with Gasteiger partial charge in [-0.2, -0.15) is 0 Å². The Labute approximate surface area is 151 Å². The number of fused-ring (bicyclic) bond motifs is 1. The van der Waals surface area contributed by atoms with Crippen LogP contribution in [-0.2, 0) is 4.79 Å². The van der Waals surface area contributed by atoms with Crippen molar-refractivity contribution in [1.29, 1.82) is 0 Å². The van der Waals surface area contributed by atoms with Gasteiger partial charge < -0.3 is 15.0 Å². The van der Waals surface area contributed by atoms with Crippen molar-refractivity contribution < 1.29 is 9.90 Å². The van der Waals surface area contributed by atoms with E-state index in [9.17, 15) is 9.90 Å². The van der Waals surface area contributed by atoms with Gasteiger partial charge in [-0.05, 0) is 43.7 Å². The molecule has 6 nitrogen and oxygen atoms in total. The maximum Gasteiger partial charge on any atom is 0.246 e. The summed E-state index contributed by atoms with van der Waals surface area (Å²) in [4.78, 5) is 17.1. The fraction of sp³-hybridized carbons (Fsp3) is 0.250. The molecule has 0 spiro atoms. The second-order valence-corrected chi connectivity index (χ2v) is 6.65. The van der Waals surface area contributed by atoms with Crippen molar-refractivity contribution >= 4 is 16.9 Å². The van der Waals surface area contributed by atoms with E-state index in [-0.39, 0.29) is 23.6 Å². The quantitative estimate of drug-likeness (QED) is 0.712. The number of likely N-dealkylation sites (tertiary alicyclic amines) is 1. The number of phenols is 1. The Hall–Kier alpha value is -3.15. The third kappa shape index (κ3) is 2.63. The molecule has 0 saturated carbocycles. The third-order valence-electron chi connectivity index (χ3n) is 5.19. The molecule has 132 valence electrons. The fourth-order valence-electron chi connectivity index (χ4n) is 3.76. The number of benzene rings is 1. The summed E-state index contributed by atoms with van der Waals surface area (Å²) in [7, 11) is 0. The molecule has 4 rings (SSSR count). The van der Waals surface area contributed by atoms with Gasteiger partial charge in [0.2, 0.25) is 5.91 Å². The van der Waals surface area contributed by atoms with E-state index in [0.29, 0.717) is 16.9 Å². The summed E-state index contributed by atoms with van der Waals surface area (Å²) in [5, 5.41) is 19.5. The molecular weight excluding hydrogens is 328 g/mol. The summed E-state index contributed by atoms with van der Waals surface area (Å²) in [6.07, 6.45) is 2.27. The molecule has 2 atom stereocenters. The molecule has 1 saturated heterocycles. The standard InChI is InChI=1S/C20H20N4O2/c1-3-19(26)24-9-8-14(12(24)2)16-10-13-11-17(22-23-20(13)21-16)15-6-4-5-7-18(15)25/h3-7,10-12,14,25H,1,8-9H2,2H3,(H,21,23)/t12-,14?/m1/s1. The van der Waals surface area contributed by atoms with Crippen LogP contribution in [0.15, 0.2) is 49.1 Å². The van der Waals surface area contributed by atoms with Crippen LogP contribution in [0.2, 0.25) is 0 Å². The molecular formula is C20H20N4O2. The molecule has 1 aliphatic heterocycles. The molecule has 1 aromatic carbocycles. The molecule has 2 N–H and O–H groups in total. The first-order valence-corrected chi connectivity index (χ1v) is 8.66. The highest BCUT2D eigenvalue weighted by Crippen LogP contribution is 2.35. The lowest BCUT2D eigenvalue weighted by molar-refractivity contribution is -0.126. The van der Waals surface area contributed by atoms with Gasteiger partial charge in [0.1, 0.15) is 5.75 Å². The van der Waals surface area contributed by atoms with Crippen LogP contribution in [0.25, 0.3) is 22.3 Å².